The molecule has 0 aromatic carbocycles. The predicted molar refractivity (Wildman–Crippen MR) is 54.6 cm³/mol. The van der Waals surface area contributed by atoms with Crippen molar-refractivity contribution in [1.29, 1.82) is 5.26 Å². The van der Waals surface area contributed by atoms with Crippen molar-refractivity contribution in [3.8, 4) is 6.07 Å². The Balaban J connectivity index is 0. The fourth-order valence-electron chi connectivity index (χ4n) is 0.429. The van der Waals surface area contributed by atoms with Gasteiger partial charge in [-0.25, -0.2) is 0 Å². The fraction of sp³-hybridized carbons (Fsp3) is 0.182. The summed E-state index contributed by atoms with van der Waals surface area (Å²) in [4.78, 5) is 0. The summed E-state index contributed by atoms with van der Waals surface area (Å²) in [7, 11) is 0. The van der Waals surface area contributed by atoms with E-state index < -0.39 is 0 Å². The van der Waals surface area contributed by atoms with Crippen LogP contribution in [0, 0.1) is 11.3 Å². The number of hydrogen-bond acceptors (Lipinski definition) is 1. The summed E-state index contributed by atoms with van der Waals surface area (Å²) >= 11 is 0. The molecule has 0 aliphatic rings. The lowest BCUT2D eigenvalue weighted by molar-refractivity contribution is 1.50. The van der Waals surface area contributed by atoms with Crippen LogP contribution < -0.4 is 0 Å². The highest BCUT2D eigenvalue weighted by atomic mass is 14.2. The summed E-state index contributed by atoms with van der Waals surface area (Å²) in [6, 6.07) is 1.99. The van der Waals surface area contributed by atoms with Gasteiger partial charge >= 0.3 is 0 Å². The Labute approximate surface area is 75.0 Å². The fourth-order valence-corrected chi connectivity index (χ4v) is 0.429. The molecule has 0 radical (unpaired) electrons. The molecule has 0 fully saturated rings. The van der Waals surface area contributed by atoms with Gasteiger partial charge in [0.25, 0.3) is 0 Å². The molecule has 0 unspecified atom stereocenters. The molecule has 0 N–H and O–H groups in total. The number of allylic oxidation sites excluding steroid dienone is 6. The lowest BCUT2D eigenvalue weighted by Crippen LogP contribution is -1.67. The Kier molecular flexibility index (Phi) is 13.2. The van der Waals surface area contributed by atoms with Crippen LogP contribution in [0.4, 0.5) is 0 Å². The SMILES string of the molecule is C=C/C=C\C(C#N)=C/C=C.CC. The summed E-state index contributed by atoms with van der Waals surface area (Å²) in [5.41, 5.74) is 0.579. The van der Waals surface area contributed by atoms with Crippen LogP contribution in [-0.4, -0.2) is 0 Å². The Bertz CT molecular complexity index is 214. The second-order valence-electron chi connectivity index (χ2n) is 1.56. The molecule has 0 saturated heterocycles. The van der Waals surface area contributed by atoms with Gasteiger partial charge in [-0.2, -0.15) is 5.26 Å². The first-order chi connectivity index (χ1) is 5.85. The van der Waals surface area contributed by atoms with E-state index in [1.165, 1.54) is 0 Å². The molecule has 0 aliphatic carbocycles. The molecule has 1 nitrogen and oxygen atoms in total. The summed E-state index contributed by atoms with van der Waals surface area (Å²) in [5.74, 6) is 0. The molecule has 0 rings (SSSR count). The maximum Gasteiger partial charge on any atom is 0.0991 e. The third-order valence-electron chi connectivity index (χ3n) is 0.838. The molecule has 1 heteroatoms. The Morgan fingerprint density at radius 2 is 1.83 bits per heavy atom. The molecule has 0 saturated carbocycles. The normalized spacial score (nSPS) is 9.58. The van der Waals surface area contributed by atoms with E-state index in [-0.39, 0.29) is 0 Å². The number of rotatable bonds is 3. The predicted octanol–water partition coefficient (Wildman–Crippen LogP) is 3.39. The van der Waals surface area contributed by atoms with Crippen LogP contribution in [0.5, 0.6) is 0 Å². The lowest BCUT2D eigenvalue weighted by Gasteiger charge is -1.80. The first kappa shape index (κ1) is 13.1. The van der Waals surface area contributed by atoms with Crippen LogP contribution in [0.25, 0.3) is 0 Å². The van der Waals surface area contributed by atoms with Crippen molar-refractivity contribution >= 4 is 0 Å². The molecule has 64 valence electrons. The largest absolute Gasteiger partial charge is 0.192 e. The number of hydrogen-bond donors (Lipinski definition) is 0. The molecule has 0 aliphatic heterocycles. The number of nitrogens with zero attached hydrogens (tertiary/aromatic N) is 1. The Morgan fingerprint density at radius 1 is 1.25 bits per heavy atom. The van der Waals surface area contributed by atoms with Gasteiger partial charge in [0.15, 0.2) is 0 Å². The van der Waals surface area contributed by atoms with E-state index in [1.807, 2.05) is 19.9 Å². The average molecular weight is 161 g/mol. The van der Waals surface area contributed by atoms with E-state index in [1.54, 1.807) is 30.4 Å². The average Bonchev–Trinajstić information content (AvgIpc) is 2.15. The van der Waals surface area contributed by atoms with Gasteiger partial charge in [0.2, 0.25) is 0 Å². The van der Waals surface area contributed by atoms with Crippen molar-refractivity contribution in [1.82, 2.24) is 0 Å². The van der Waals surface area contributed by atoms with E-state index in [0.29, 0.717) is 5.57 Å². The van der Waals surface area contributed by atoms with Crippen molar-refractivity contribution in [2.75, 3.05) is 0 Å². The van der Waals surface area contributed by atoms with Crippen LogP contribution in [0.3, 0.4) is 0 Å². The number of nitriles is 1. The van der Waals surface area contributed by atoms with Crippen LogP contribution >= 0.6 is 0 Å². The molecule has 0 atom stereocenters. The highest BCUT2D eigenvalue weighted by molar-refractivity contribution is 5.36. The third kappa shape index (κ3) is 8.45. The molecule has 0 heterocycles. The standard InChI is InChI=1S/C9H9N.C2H6/c1-3-5-7-9(8-10)6-4-2;1-2/h3-7H,1-2H2;1-2H3/b7-5-,9-6+;. The van der Waals surface area contributed by atoms with Crippen LogP contribution in [0.15, 0.2) is 49.1 Å². The molecule has 0 spiro atoms. The minimum Gasteiger partial charge on any atom is -0.192 e. The van der Waals surface area contributed by atoms with Gasteiger partial charge in [0.1, 0.15) is 0 Å². The quantitative estimate of drug-likeness (QED) is 0.459. The summed E-state index contributed by atoms with van der Waals surface area (Å²) in [6.07, 6.45) is 8.22. The molecule has 0 bridgehead atoms. The van der Waals surface area contributed by atoms with Crippen LogP contribution in [0.1, 0.15) is 13.8 Å². The van der Waals surface area contributed by atoms with E-state index in [2.05, 4.69) is 13.2 Å². The van der Waals surface area contributed by atoms with E-state index in [9.17, 15) is 0 Å². The van der Waals surface area contributed by atoms with Crippen molar-refractivity contribution in [3.05, 3.63) is 49.1 Å². The maximum atomic E-state index is 8.43. The van der Waals surface area contributed by atoms with Gasteiger partial charge in [-0.1, -0.05) is 45.2 Å². The van der Waals surface area contributed by atoms with Gasteiger partial charge in [-0.3, -0.25) is 0 Å². The summed E-state index contributed by atoms with van der Waals surface area (Å²) in [6.45, 7) is 10.9. The molecule has 12 heavy (non-hydrogen) atoms. The molecule has 0 aromatic heterocycles. The minimum atomic E-state index is 0.579. The summed E-state index contributed by atoms with van der Waals surface area (Å²) < 4.78 is 0. The van der Waals surface area contributed by atoms with Gasteiger partial charge in [-0.15, -0.1) is 0 Å². The second kappa shape index (κ2) is 12.2. The van der Waals surface area contributed by atoms with E-state index in [4.69, 9.17) is 5.26 Å². The second-order valence-corrected chi connectivity index (χ2v) is 1.56. The summed E-state index contributed by atoms with van der Waals surface area (Å²) in [5, 5.41) is 8.43. The van der Waals surface area contributed by atoms with Crippen molar-refractivity contribution in [2.45, 2.75) is 13.8 Å². The maximum absolute atomic E-state index is 8.43. The molecular formula is C11H15N. The Hall–Kier alpha value is -1.55. The molecular weight excluding hydrogens is 146 g/mol. The monoisotopic (exact) mass is 161 g/mol. The van der Waals surface area contributed by atoms with Crippen molar-refractivity contribution in [3.63, 3.8) is 0 Å². The van der Waals surface area contributed by atoms with Crippen LogP contribution in [-0.2, 0) is 0 Å². The first-order valence-electron chi connectivity index (χ1n) is 3.87. The van der Waals surface area contributed by atoms with E-state index >= 15 is 0 Å². The smallest absolute Gasteiger partial charge is 0.0991 e. The van der Waals surface area contributed by atoms with Crippen molar-refractivity contribution < 1.29 is 0 Å². The molecule has 0 aromatic rings. The van der Waals surface area contributed by atoms with Gasteiger partial charge in [-0.05, 0) is 12.2 Å². The lowest BCUT2D eigenvalue weighted by atomic mass is 10.2. The molecule has 0 amide bonds. The Morgan fingerprint density at radius 3 is 2.17 bits per heavy atom. The van der Waals surface area contributed by atoms with Crippen molar-refractivity contribution in [2.24, 2.45) is 0 Å². The van der Waals surface area contributed by atoms with Gasteiger partial charge in [0.05, 0.1) is 11.6 Å². The minimum absolute atomic E-state index is 0.579. The highest BCUT2D eigenvalue weighted by Gasteiger charge is 1.81. The zero-order chi connectivity index (χ0) is 9.82. The first-order valence-corrected chi connectivity index (χ1v) is 3.87. The van der Waals surface area contributed by atoms with Gasteiger partial charge < -0.3 is 0 Å². The topological polar surface area (TPSA) is 23.8 Å². The third-order valence-corrected chi connectivity index (χ3v) is 0.838. The zero-order valence-corrected chi connectivity index (χ0v) is 7.75. The zero-order valence-electron chi connectivity index (χ0n) is 7.75. The van der Waals surface area contributed by atoms with E-state index in [0.717, 1.165) is 0 Å². The van der Waals surface area contributed by atoms with Gasteiger partial charge in [0, 0.05) is 0 Å². The van der Waals surface area contributed by atoms with Crippen LogP contribution in [0.2, 0.25) is 0 Å². The highest BCUT2D eigenvalue weighted by Crippen LogP contribution is 1.94.